The van der Waals surface area contributed by atoms with Crippen molar-refractivity contribution < 1.29 is 18.3 Å². The number of sulfone groups is 1. The van der Waals surface area contributed by atoms with Gasteiger partial charge in [-0.15, -0.1) is 0 Å². The van der Waals surface area contributed by atoms with Crippen LogP contribution in [0, 0.1) is 51.2 Å². The molecule has 3 saturated carbocycles. The maximum atomic E-state index is 13.0. The van der Waals surface area contributed by atoms with E-state index < -0.39 is 21.2 Å². The van der Waals surface area contributed by atoms with Gasteiger partial charge in [-0.1, -0.05) is 67.0 Å². The largest absolute Gasteiger partial charge is 0.481 e. The van der Waals surface area contributed by atoms with Crippen molar-refractivity contribution in [2.75, 3.05) is 5.75 Å². The first-order valence-electron chi connectivity index (χ1n) is 16.0. The van der Waals surface area contributed by atoms with Crippen molar-refractivity contribution in [3.8, 4) is 0 Å². The fourth-order valence-electron chi connectivity index (χ4n) is 11.6. The average Bonchev–Trinajstić information content (AvgIpc) is 2.90. The van der Waals surface area contributed by atoms with Gasteiger partial charge in [0.15, 0.2) is 0 Å². The van der Waals surface area contributed by atoms with E-state index in [0.717, 1.165) is 62.6 Å². The molecular formula is C34H50N2O4S. The molecule has 0 spiro atoms. The minimum Gasteiger partial charge on any atom is -0.481 e. The highest BCUT2D eigenvalue weighted by Crippen LogP contribution is 2.75. The number of hydrogen-bond donors (Lipinski definition) is 1. The molecule has 6 nitrogen and oxygen atoms in total. The molecule has 1 heterocycles. The Morgan fingerprint density at radius 1 is 1.02 bits per heavy atom. The monoisotopic (exact) mass is 582 g/mol. The molecule has 6 rings (SSSR count). The maximum absolute atomic E-state index is 13.0. The third-order valence-electron chi connectivity index (χ3n) is 14.2. The maximum Gasteiger partial charge on any atom is 0.310 e. The van der Waals surface area contributed by atoms with Gasteiger partial charge in [-0.05, 0) is 103 Å². The first-order chi connectivity index (χ1) is 19.0. The predicted molar refractivity (Wildman–Crippen MR) is 160 cm³/mol. The Balaban J connectivity index is 1.46. The second kappa shape index (κ2) is 8.89. The molecule has 1 unspecified atom stereocenters. The first-order valence-corrected chi connectivity index (χ1v) is 17.7. The summed E-state index contributed by atoms with van der Waals surface area (Å²) < 4.78 is 25.4. The lowest BCUT2D eigenvalue weighted by atomic mass is 9.33. The summed E-state index contributed by atoms with van der Waals surface area (Å²) in [7, 11) is -3.48. The smallest absolute Gasteiger partial charge is 0.310 e. The lowest BCUT2D eigenvalue weighted by Crippen LogP contribution is -2.65. The summed E-state index contributed by atoms with van der Waals surface area (Å²) in [5.74, 6) is 1.26. The Labute approximate surface area is 247 Å². The van der Waals surface area contributed by atoms with Crippen LogP contribution < -0.4 is 0 Å². The zero-order valence-corrected chi connectivity index (χ0v) is 27.2. The lowest BCUT2D eigenvalue weighted by molar-refractivity contribution is -0.179. The molecule has 1 N–H and O–H groups in total. The second-order valence-electron chi connectivity index (χ2n) is 15.9. The van der Waals surface area contributed by atoms with Crippen molar-refractivity contribution in [3.63, 3.8) is 0 Å². The van der Waals surface area contributed by atoms with Crippen molar-refractivity contribution in [2.24, 2.45) is 51.2 Å². The zero-order valence-electron chi connectivity index (χ0n) is 26.4. The summed E-state index contributed by atoms with van der Waals surface area (Å²) in [4.78, 5) is 22.1. The Morgan fingerprint density at radius 2 is 1.73 bits per heavy atom. The van der Waals surface area contributed by atoms with E-state index in [9.17, 15) is 18.3 Å². The van der Waals surface area contributed by atoms with Gasteiger partial charge in [0.2, 0.25) is 15.0 Å². The van der Waals surface area contributed by atoms with E-state index in [1.807, 2.05) is 0 Å². The molecule has 5 aliphatic carbocycles. The number of aromatic nitrogens is 2. The summed E-state index contributed by atoms with van der Waals surface area (Å²) in [5.41, 5.74) is 2.62. The van der Waals surface area contributed by atoms with E-state index in [2.05, 4.69) is 59.5 Å². The van der Waals surface area contributed by atoms with Crippen LogP contribution >= 0.6 is 0 Å². The van der Waals surface area contributed by atoms with Gasteiger partial charge in [-0.3, -0.25) is 4.79 Å². The molecule has 3 fully saturated rings. The van der Waals surface area contributed by atoms with Crippen LogP contribution in [-0.2, 0) is 26.5 Å². The highest BCUT2D eigenvalue weighted by Gasteiger charge is 2.69. The first kappa shape index (κ1) is 29.3. The summed E-state index contributed by atoms with van der Waals surface area (Å²) in [5, 5.41) is 10.6. The van der Waals surface area contributed by atoms with E-state index in [1.54, 1.807) is 13.1 Å². The Kier molecular flexibility index (Phi) is 6.36. The molecule has 5 aliphatic rings. The van der Waals surface area contributed by atoms with Gasteiger partial charge in [0, 0.05) is 11.6 Å². The van der Waals surface area contributed by atoms with Crippen LogP contribution in [-0.4, -0.2) is 35.2 Å². The number of carbonyl (C=O) groups is 1. The van der Waals surface area contributed by atoms with E-state index in [4.69, 9.17) is 4.98 Å². The fraction of sp³-hybridized carbons (Fsp3) is 0.794. The Hall–Kier alpha value is -1.76. The van der Waals surface area contributed by atoms with E-state index in [-0.39, 0.29) is 38.5 Å². The molecule has 9 atom stereocenters. The molecule has 41 heavy (non-hydrogen) atoms. The number of allylic oxidation sites excluding steroid dienone is 2. The Bertz CT molecular complexity index is 1430. The van der Waals surface area contributed by atoms with Crippen molar-refractivity contribution in [1.29, 1.82) is 0 Å². The number of hydrogen-bond acceptors (Lipinski definition) is 5. The zero-order chi connectivity index (χ0) is 30.0. The van der Waals surface area contributed by atoms with Crippen LogP contribution in [0.3, 0.4) is 0 Å². The van der Waals surface area contributed by atoms with Crippen LogP contribution in [0.25, 0.3) is 0 Å². The van der Waals surface area contributed by atoms with Crippen LogP contribution in [0.5, 0.6) is 0 Å². The normalized spacial score (nSPS) is 44.8. The van der Waals surface area contributed by atoms with Gasteiger partial charge in [0.05, 0.1) is 16.9 Å². The predicted octanol–water partition coefficient (Wildman–Crippen LogP) is 7.03. The number of rotatable bonds is 3. The molecule has 1 aromatic heterocycles. The molecule has 7 heteroatoms. The minimum atomic E-state index is -3.48. The van der Waals surface area contributed by atoms with Crippen molar-refractivity contribution in [3.05, 3.63) is 29.1 Å². The summed E-state index contributed by atoms with van der Waals surface area (Å²) in [6, 6.07) is 0. The number of carboxylic acid groups (broad SMARTS) is 1. The van der Waals surface area contributed by atoms with Crippen molar-refractivity contribution >= 4 is 15.8 Å². The molecule has 0 aromatic carbocycles. The standard InChI is InChI=1S/C34H50N2O4S/c1-9-41(39,40)29-35-19-22-18-31(6)24(30(4,5)27(22)36-29)13-14-33(8)25(31)11-10-23-26-21(3)20(2)12-15-34(26,28(37)38)17-16-32(23,33)7/h10,19-21,24-26H,9,11-18H2,1-8H3,(H,37,38)/t20-,21+,24+,25-,26?,31+,32-,33-,34+/m1/s1. The third-order valence-corrected chi connectivity index (χ3v) is 15.7. The summed E-state index contributed by atoms with van der Waals surface area (Å²) >= 11 is 0. The highest BCUT2D eigenvalue weighted by atomic mass is 32.2. The summed E-state index contributed by atoms with van der Waals surface area (Å²) in [6.45, 7) is 18.3. The van der Waals surface area contributed by atoms with Crippen LogP contribution in [0.4, 0.5) is 0 Å². The minimum absolute atomic E-state index is 0.00257. The number of fused-ring (bicyclic) bond motifs is 8. The molecule has 0 bridgehead atoms. The van der Waals surface area contributed by atoms with Gasteiger partial charge >= 0.3 is 5.97 Å². The van der Waals surface area contributed by atoms with Gasteiger partial charge in [0.25, 0.3) is 0 Å². The molecule has 1 aromatic rings. The third kappa shape index (κ3) is 3.59. The van der Waals surface area contributed by atoms with Gasteiger partial charge in [0.1, 0.15) is 0 Å². The van der Waals surface area contributed by atoms with Crippen LogP contribution in [0.2, 0.25) is 0 Å². The number of carboxylic acids is 1. The average molecular weight is 583 g/mol. The van der Waals surface area contributed by atoms with Crippen molar-refractivity contribution in [2.45, 2.75) is 117 Å². The molecule has 0 radical (unpaired) electrons. The second-order valence-corrected chi connectivity index (χ2v) is 18.1. The summed E-state index contributed by atoms with van der Waals surface area (Å²) in [6.07, 6.45) is 11.9. The van der Waals surface area contributed by atoms with E-state index in [0.29, 0.717) is 23.7 Å². The molecule has 0 aliphatic heterocycles. The fourth-order valence-corrected chi connectivity index (χ4v) is 12.3. The van der Waals surface area contributed by atoms with Gasteiger partial charge in [-0.25, -0.2) is 18.4 Å². The molecular weight excluding hydrogens is 532 g/mol. The molecule has 0 saturated heterocycles. The number of nitrogens with zero attached hydrogens (tertiary/aromatic N) is 2. The molecule has 226 valence electrons. The highest BCUT2D eigenvalue weighted by molar-refractivity contribution is 7.91. The van der Waals surface area contributed by atoms with E-state index >= 15 is 0 Å². The topological polar surface area (TPSA) is 97.2 Å². The quantitative estimate of drug-likeness (QED) is 0.304. The molecule has 0 amide bonds. The van der Waals surface area contributed by atoms with Crippen LogP contribution in [0.1, 0.15) is 112 Å². The SMILES string of the molecule is CCS(=O)(=O)c1ncc2c(n1)C(C)(C)[C@@H]1CC[C@]3(C)[C@H](CC=C4C5[C@@H](C)[C@H](C)CC[C@]5(C(=O)O)CC[C@]43C)[C@@]1(C)C2. The van der Waals surface area contributed by atoms with Gasteiger partial charge < -0.3 is 5.11 Å². The van der Waals surface area contributed by atoms with Gasteiger partial charge in [-0.2, -0.15) is 0 Å². The van der Waals surface area contributed by atoms with Crippen LogP contribution in [0.15, 0.2) is 23.0 Å². The van der Waals surface area contributed by atoms with Crippen molar-refractivity contribution in [1.82, 2.24) is 9.97 Å². The van der Waals surface area contributed by atoms with E-state index in [1.165, 1.54) is 5.57 Å². The Morgan fingerprint density at radius 3 is 2.39 bits per heavy atom. The lowest BCUT2D eigenvalue weighted by Gasteiger charge is -2.70. The number of aliphatic carboxylic acids is 1.